The molecular weight excluding hydrogens is 292 g/mol. The predicted molar refractivity (Wildman–Crippen MR) is 80.7 cm³/mol. The van der Waals surface area contributed by atoms with E-state index in [4.69, 9.17) is 5.73 Å². The Morgan fingerprint density at radius 2 is 2.19 bits per heavy atom. The molecule has 0 saturated carbocycles. The molecule has 0 atom stereocenters. The third-order valence-electron chi connectivity index (χ3n) is 2.75. The van der Waals surface area contributed by atoms with Crippen molar-refractivity contribution in [1.82, 2.24) is 15.0 Å². The molecule has 0 aliphatic carbocycles. The Bertz CT molecular complexity index is 847. The van der Waals surface area contributed by atoms with Crippen LogP contribution in [0.15, 0.2) is 24.4 Å². The number of hydrogen-bond donors (Lipinski definition) is 2. The predicted octanol–water partition coefficient (Wildman–Crippen LogP) is 2.63. The van der Waals surface area contributed by atoms with Gasteiger partial charge in [-0.2, -0.15) is 4.98 Å². The third kappa shape index (κ3) is 2.58. The number of thiazole rings is 1. The van der Waals surface area contributed by atoms with E-state index in [2.05, 4.69) is 20.3 Å². The average molecular weight is 302 g/mol. The monoisotopic (exact) mass is 302 g/mol. The summed E-state index contributed by atoms with van der Waals surface area (Å²) in [5.74, 6) is 0.0332. The Hall–Kier alpha value is -2.81. The number of nitrogens with zero attached hydrogens (tertiary/aromatic N) is 4. The quantitative estimate of drug-likeness (QED) is 0.563. The van der Waals surface area contributed by atoms with Crippen LogP contribution in [0.25, 0.3) is 10.2 Å². The first-order valence-electron chi connectivity index (χ1n) is 5.94. The topological polar surface area (TPSA) is 120 Å². The first-order valence-corrected chi connectivity index (χ1v) is 6.76. The lowest BCUT2D eigenvalue weighted by Crippen LogP contribution is -2.03. The molecule has 8 nitrogen and oxygen atoms in total. The van der Waals surface area contributed by atoms with Crippen LogP contribution >= 0.6 is 11.3 Å². The maximum Gasteiger partial charge on any atom is 0.329 e. The fraction of sp³-hybridized carbons (Fsp3) is 0.0833. The summed E-state index contributed by atoms with van der Waals surface area (Å²) >= 11 is 1.58. The largest absolute Gasteiger partial charge is 0.378 e. The molecule has 0 unspecified atom stereocenters. The lowest BCUT2D eigenvalue weighted by Gasteiger charge is -2.05. The fourth-order valence-corrected chi connectivity index (χ4v) is 2.70. The van der Waals surface area contributed by atoms with Crippen LogP contribution in [0.5, 0.6) is 0 Å². The summed E-state index contributed by atoms with van der Waals surface area (Å²) in [6.07, 6.45) is 1.08. The second-order valence-electron chi connectivity index (χ2n) is 4.26. The van der Waals surface area contributed by atoms with Gasteiger partial charge in [-0.3, -0.25) is 10.1 Å². The van der Waals surface area contributed by atoms with E-state index in [1.165, 1.54) is 0 Å². The number of nitrogens with two attached hydrogens (primary N) is 1. The van der Waals surface area contributed by atoms with Crippen molar-refractivity contribution in [3.8, 4) is 0 Å². The van der Waals surface area contributed by atoms with E-state index in [9.17, 15) is 10.1 Å². The van der Waals surface area contributed by atoms with Gasteiger partial charge in [0.1, 0.15) is 6.20 Å². The summed E-state index contributed by atoms with van der Waals surface area (Å²) in [6, 6.07) is 5.64. The zero-order valence-corrected chi connectivity index (χ0v) is 11.7. The summed E-state index contributed by atoms with van der Waals surface area (Å²) in [4.78, 5) is 22.2. The van der Waals surface area contributed by atoms with Gasteiger partial charge in [0.2, 0.25) is 11.8 Å². The van der Waals surface area contributed by atoms with E-state index < -0.39 is 4.92 Å². The number of rotatable bonds is 3. The molecule has 0 amide bonds. The highest BCUT2D eigenvalue weighted by Crippen LogP contribution is 2.26. The van der Waals surface area contributed by atoms with Crippen LogP contribution in [0.3, 0.4) is 0 Å². The van der Waals surface area contributed by atoms with Crippen LogP contribution in [0.2, 0.25) is 0 Å². The maximum atomic E-state index is 10.7. The normalized spacial score (nSPS) is 10.7. The van der Waals surface area contributed by atoms with Crippen LogP contribution in [0.1, 0.15) is 5.01 Å². The van der Waals surface area contributed by atoms with Gasteiger partial charge in [-0.1, -0.05) is 0 Å². The number of fused-ring (bicyclic) bond motifs is 1. The minimum absolute atomic E-state index is 0.174. The molecule has 0 fully saturated rings. The third-order valence-corrected chi connectivity index (χ3v) is 3.68. The Kier molecular flexibility index (Phi) is 3.10. The number of benzene rings is 1. The minimum Gasteiger partial charge on any atom is -0.378 e. The second kappa shape index (κ2) is 4.94. The van der Waals surface area contributed by atoms with E-state index in [0.29, 0.717) is 0 Å². The number of aromatic nitrogens is 3. The van der Waals surface area contributed by atoms with Gasteiger partial charge in [0.25, 0.3) is 0 Å². The zero-order valence-electron chi connectivity index (χ0n) is 10.9. The summed E-state index contributed by atoms with van der Waals surface area (Å²) < 4.78 is 1.03. The van der Waals surface area contributed by atoms with Crippen molar-refractivity contribution in [2.75, 3.05) is 11.1 Å². The molecule has 2 aromatic heterocycles. The number of nitrogen functional groups attached to an aromatic ring is 1. The number of aryl methyl sites for hydroxylation is 1. The first-order chi connectivity index (χ1) is 10.0. The maximum absolute atomic E-state index is 10.7. The smallest absolute Gasteiger partial charge is 0.329 e. The SMILES string of the molecule is Cc1nc2ccc(Nc3ncc([N+](=O)[O-])c(N)n3)cc2s1. The summed E-state index contributed by atoms with van der Waals surface area (Å²) in [6.45, 7) is 1.94. The van der Waals surface area contributed by atoms with E-state index >= 15 is 0 Å². The van der Waals surface area contributed by atoms with Gasteiger partial charge >= 0.3 is 5.69 Å². The summed E-state index contributed by atoms with van der Waals surface area (Å²) in [5, 5.41) is 14.6. The van der Waals surface area contributed by atoms with Crippen LogP contribution in [0, 0.1) is 17.0 Å². The Balaban J connectivity index is 1.90. The van der Waals surface area contributed by atoms with Crippen LogP contribution in [-0.4, -0.2) is 19.9 Å². The van der Waals surface area contributed by atoms with Crippen molar-refractivity contribution < 1.29 is 4.92 Å². The van der Waals surface area contributed by atoms with E-state index in [-0.39, 0.29) is 17.5 Å². The molecule has 0 saturated heterocycles. The second-order valence-corrected chi connectivity index (χ2v) is 5.50. The van der Waals surface area contributed by atoms with Gasteiger partial charge in [-0.15, -0.1) is 11.3 Å². The number of anilines is 3. The van der Waals surface area contributed by atoms with Gasteiger partial charge in [-0.05, 0) is 25.1 Å². The molecule has 3 N–H and O–H groups in total. The standard InChI is InChI=1S/C12H10N6O2S/c1-6-15-8-3-2-7(4-10(8)21-6)16-12-14-5-9(18(19)20)11(13)17-12/h2-5H,1H3,(H3,13,14,16,17). The molecule has 0 bridgehead atoms. The van der Waals surface area contributed by atoms with Crippen molar-refractivity contribution in [3.63, 3.8) is 0 Å². The average Bonchev–Trinajstić information content (AvgIpc) is 2.77. The fourth-order valence-electron chi connectivity index (χ4n) is 1.84. The lowest BCUT2D eigenvalue weighted by molar-refractivity contribution is -0.384. The highest BCUT2D eigenvalue weighted by atomic mass is 32.1. The van der Waals surface area contributed by atoms with Gasteiger partial charge < -0.3 is 11.1 Å². The van der Waals surface area contributed by atoms with E-state index in [0.717, 1.165) is 27.1 Å². The molecule has 106 valence electrons. The lowest BCUT2D eigenvalue weighted by atomic mass is 10.3. The van der Waals surface area contributed by atoms with Crippen LogP contribution in [0.4, 0.5) is 23.1 Å². The van der Waals surface area contributed by atoms with Crippen LogP contribution < -0.4 is 11.1 Å². The van der Waals surface area contributed by atoms with Crippen molar-refractivity contribution in [2.24, 2.45) is 0 Å². The molecule has 0 spiro atoms. The minimum atomic E-state index is -0.620. The molecule has 3 aromatic rings. The van der Waals surface area contributed by atoms with Crippen molar-refractivity contribution in [2.45, 2.75) is 6.92 Å². The van der Waals surface area contributed by atoms with Gasteiger partial charge in [0.05, 0.1) is 20.1 Å². The number of nitro groups is 1. The highest BCUT2D eigenvalue weighted by molar-refractivity contribution is 7.18. The molecule has 9 heteroatoms. The Labute approximate surface area is 122 Å². The van der Waals surface area contributed by atoms with Gasteiger partial charge in [0, 0.05) is 5.69 Å². The molecule has 0 aliphatic heterocycles. The van der Waals surface area contributed by atoms with Crippen molar-refractivity contribution in [1.29, 1.82) is 0 Å². The van der Waals surface area contributed by atoms with Crippen molar-refractivity contribution in [3.05, 3.63) is 39.5 Å². The zero-order chi connectivity index (χ0) is 15.0. The van der Waals surface area contributed by atoms with Gasteiger partial charge in [0.15, 0.2) is 0 Å². The number of nitrogens with one attached hydrogen (secondary N) is 1. The molecular formula is C12H10N6O2S. The van der Waals surface area contributed by atoms with E-state index in [1.807, 2.05) is 25.1 Å². The van der Waals surface area contributed by atoms with Crippen LogP contribution in [-0.2, 0) is 0 Å². The van der Waals surface area contributed by atoms with E-state index in [1.54, 1.807) is 11.3 Å². The summed E-state index contributed by atoms with van der Waals surface area (Å²) in [7, 11) is 0. The first kappa shape index (κ1) is 13.2. The van der Waals surface area contributed by atoms with Crippen molar-refractivity contribution >= 4 is 44.7 Å². The molecule has 3 rings (SSSR count). The summed E-state index contributed by atoms with van der Waals surface area (Å²) in [5.41, 5.74) is 6.90. The molecule has 0 radical (unpaired) electrons. The molecule has 21 heavy (non-hydrogen) atoms. The molecule has 2 heterocycles. The van der Waals surface area contributed by atoms with Gasteiger partial charge in [-0.25, -0.2) is 9.97 Å². The Morgan fingerprint density at radius 1 is 1.38 bits per heavy atom. The highest BCUT2D eigenvalue weighted by Gasteiger charge is 2.14. The molecule has 0 aliphatic rings. The Morgan fingerprint density at radius 3 is 2.90 bits per heavy atom. The number of hydrogen-bond acceptors (Lipinski definition) is 8. The molecule has 1 aromatic carbocycles.